The van der Waals surface area contributed by atoms with Crippen molar-refractivity contribution in [2.45, 2.75) is 44.9 Å². The molecule has 5 rings (SSSR count). The lowest BCUT2D eigenvalue weighted by molar-refractivity contribution is -0.136. The second kappa shape index (κ2) is 8.63. The van der Waals surface area contributed by atoms with Crippen LogP contribution in [0.1, 0.15) is 37.8 Å². The van der Waals surface area contributed by atoms with Crippen LogP contribution < -0.4 is 10.8 Å². The van der Waals surface area contributed by atoms with E-state index in [1.807, 2.05) is 41.8 Å². The maximum Gasteiger partial charge on any atom is 0.253 e. The lowest BCUT2D eigenvalue weighted by Crippen LogP contribution is -2.59. The van der Waals surface area contributed by atoms with E-state index < -0.39 is 5.66 Å². The summed E-state index contributed by atoms with van der Waals surface area (Å²) in [5.41, 5.74) is 5.04. The van der Waals surface area contributed by atoms with Gasteiger partial charge in [-0.1, -0.05) is 26.0 Å². The van der Waals surface area contributed by atoms with E-state index in [2.05, 4.69) is 16.9 Å². The molecule has 2 N–H and O–H groups in total. The number of hydrogen-bond acceptors (Lipinski definition) is 7. The summed E-state index contributed by atoms with van der Waals surface area (Å²) in [4.78, 5) is 35.6. The third-order valence-electron chi connectivity index (χ3n) is 6.97. The third-order valence-corrected chi connectivity index (χ3v) is 6.97. The molecule has 1 aromatic carbocycles. The highest BCUT2D eigenvalue weighted by atomic mass is 16.8. The van der Waals surface area contributed by atoms with Gasteiger partial charge < -0.3 is 9.80 Å². The number of piperidine rings is 1. The molecule has 4 aliphatic rings. The minimum atomic E-state index is -0.509. The van der Waals surface area contributed by atoms with Gasteiger partial charge in [0.2, 0.25) is 5.91 Å². The molecule has 0 saturated carbocycles. The van der Waals surface area contributed by atoms with E-state index in [4.69, 9.17) is 4.94 Å². The minimum Gasteiger partial charge on any atom is -0.338 e. The van der Waals surface area contributed by atoms with E-state index in [-0.39, 0.29) is 23.8 Å². The van der Waals surface area contributed by atoms with Crippen molar-refractivity contribution in [2.75, 3.05) is 13.1 Å². The van der Waals surface area contributed by atoms with Crippen LogP contribution in [0.5, 0.6) is 0 Å². The van der Waals surface area contributed by atoms with Gasteiger partial charge in [-0.15, -0.1) is 0 Å². The van der Waals surface area contributed by atoms with Gasteiger partial charge in [-0.2, -0.15) is 10.2 Å². The zero-order valence-electron chi connectivity index (χ0n) is 19.3. The molecule has 1 unspecified atom stereocenters. The molecule has 1 spiro atoms. The van der Waals surface area contributed by atoms with Crippen molar-refractivity contribution in [3.8, 4) is 6.07 Å². The van der Waals surface area contributed by atoms with Crippen molar-refractivity contribution in [1.29, 1.82) is 5.26 Å². The van der Waals surface area contributed by atoms with E-state index in [0.717, 1.165) is 11.3 Å². The van der Waals surface area contributed by atoms with Crippen LogP contribution in [-0.2, 0) is 21.1 Å². The molecule has 9 heteroatoms. The lowest BCUT2D eigenvalue weighted by Gasteiger charge is -2.45. The number of nitrogens with one attached hydrogen (secondary N) is 2. The summed E-state index contributed by atoms with van der Waals surface area (Å²) >= 11 is 0. The number of rotatable bonds is 4. The van der Waals surface area contributed by atoms with Gasteiger partial charge in [-0.3, -0.25) is 14.9 Å². The highest BCUT2D eigenvalue weighted by Crippen LogP contribution is 2.36. The molecule has 4 aliphatic heterocycles. The molecule has 0 radical (unpaired) electrons. The molecule has 1 atom stereocenters. The number of benzene rings is 1. The Bertz CT molecular complexity index is 1140. The monoisotopic (exact) mass is 460 g/mol. The summed E-state index contributed by atoms with van der Waals surface area (Å²) in [6, 6.07) is 9.31. The average molecular weight is 461 g/mol. The Labute approximate surface area is 198 Å². The van der Waals surface area contributed by atoms with E-state index >= 15 is 0 Å². The number of amides is 2. The smallest absolute Gasteiger partial charge is 0.253 e. The third kappa shape index (κ3) is 3.85. The fraction of sp³-hybridized carbons (Fsp3) is 0.400. The molecule has 0 bridgehead atoms. The van der Waals surface area contributed by atoms with Crippen LogP contribution in [0.3, 0.4) is 0 Å². The highest BCUT2D eigenvalue weighted by Gasteiger charge is 2.52. The Morgan fingerprint density at radius 1 is 1.32 bits per heavy atom. The summed E-state index contributed by atoms with van der Waals surface area (Å²) in [5, 5.41) is 14.4. The molecule has 34 heavy (non-hydrogen) atoms. The first-order valence-electron chi connectivity index (χ1n) is 11.6. The Balaban J connectivity index is 1.33. The molecule has 9 nitrogen and oxygen atoms in total. The van der Waals surface area contributed by atoms with Crippen molar-refractivity contribution < 1.29 is 14.5 Å². The molecule has 176 valence electrons. The van der Waals surface area contributed by atoms with Crippen LogP contribution in [0.15, 0.2) is 60.1 Å². The van der Waals surface area contributed by atoms with Gasteiger partial charge in [0.1, 0.15) is 0 Å². The molecular weight excluding hydrogens is 432 g/mol. The van der Waals surface area contributed by atoms with Crippen molar-refractivity contribution in [3.05, 3.63) is 71.2 Å². The number of allylic oxidation sites excluding steroid dienone is 1. The number of nitriles is 1. The maximum absolute atomic E-state index is 13.4. The number of carbonyl (C=O) groups excluding carboxylic acids is 2. The predicted molar refractivity (Wildman–Crippen MR) is 123 cm³/mol. The van der Waals surface area contributed by atoms with Crippen LogP contribution in [-0.4, -0.2) is 51.5 Å². The average Bonchev–Trinajstić information content (AvgIpc) is 3.42. The zero-order valence-corrected chi connectivity index (χ0v) is 19.3. The van der Waals surface area contributed by atoms with E-state index in [9.17, 15) is 14.9 Å². The van der Waals surface area contributed by atoms with E-state index in [1.54, 1.807) is 35.7 Å². The first kappa shape index (κ1) is 22.2. The number of hydroxylamine groups is 3. The lowest BCUT2D eigenvalue weighted by atomic mass is 9.94. The van der Waals surface area contributed by atoms with Crippen molar-refractivity contribution in [3.63, 3.8) is 0 Å². The summed E-state index contributed by atoms with van der Waals surface area (Å²) in [7, 11) is 0. The standard InChI is InChI=1S/C25H28N6O3/c1-17(2)22-24(33)30(16-19-5-3-4-18(12-19)14-26)25(28-22)7-10-29(11-8-25)23(32)20-6-9-31-21(13-20)15-27-34-31/h3-6,9,12-13,15,17,22,27-28H,7-8,10-11,16H2,1-2H3. The number of carbonyl (C=O) groups is 2. The first-order chi connectivity index (χ1) is 16.4. The van der Waals surface area contributed by atoms with Crippen LogP contribution in [0.4, 0.5) is 0 Å². The summed E-state index contributed by atoms with van der Waals surface area (Å²) < 4.78 is 0. The van der Waals surface area contributed by atoms with Gasteiger partial charge in [-0.05, 0) is 35.8 Å². The Morgan fingerprint density at radius 3 is 2.85 bits per heavy atom. The largest absolute Gasteiger partial charge is 0.338 e. The van der Waals surface area contributed by atoms with Gasteiger partial charge in [0.25, 0.3) is 5.91 Å². The molecule has 2 amide bonds. The molecule has 0 aliphatic carbocycles. The van der Waals surface area contributed by atoms with Crippen molar-refractivity contribution in [2.24, 2.45) is 5.92 Å². The van der Waals surface area contributed by atoms with Crippen LogP contribution in [0.25, 0.3) is 0 Å². The van der Waals surface area contributed by atoms with Crippen LogP contribution in [0, 0.1) is 17.2 Å². The van der Waals surface area contributed by atoms with Gasteiger partial charge >= 0.3 is 0 Å². The quantitative estimate of drug-likeness (QED) is 0.708. The SMILES string of the molecule is CC(C)C1NC2(CCN(C(=O)C3=CC4=CNON4C=C3)CC2)N(Cc2cccc(C#N)c2)C1=O. The van der Waals surface area contributed by atoms with Crippen LogP contribution in [0.2, 0.25) is 0 Å². The Kier molecular flexibility index (Phi) is 5.63. The predicted octanol–water partition coefficient (Wildman–Crippen LogP) is 1.88. The molecular formula is C25H28N6O3. The normalized spacial score (nSPS) is 23.1. The molecule has 1 aromatic rings. The summed E-state index contributed by atoms with van der Waals surface area (Å²) in [5.74, 6) is 0.197. The Morgan fingerprint density at radius 2 is 2.12 bits per heavy atom. The van der Waals surface area contributed by atoms with E-state index in [1.165, 1.54) is 0 Å². The molecule has 4 heterocycles. The van der Waals surface area contributed by atoms with Gasteiger partial charge in [-0.25, -0.2) is 10.5 Å². The Hall–Kier alpha value is -3.61. The number of hydrogen-bond donors (Lipinski definition) is 2. The summed E-state index contributed by atoms with van der Waals surface area (Å²) in [6.07, 6.45) is 8.24. The topological polar surface area (TPSA) is 101 Å². The van der Waals surface area contributed by atoms with E-state index in [0.29, 0.717) is 43.6 Å². The second-order valence-corrected chi connectivity index (χ2v) is 9.45. The fourth-order valence-electron chi connectivity index (χ4n) is 5.06. The molecule has 0 aromatic heterocycles. The number of fused-ring (bicyclic) bond motifs is 1. The maximum atomic E-state index is 13.4. The zero-order chi connectivity index (χ0) is 23.9. The minimum absolute atomic E-state index is 0.0310. The van der Waals surface area contributed by atoms with Crippen molar-refractivity contribution >= 4 is 11.8 Å². The first-order valence-corrected chi connectivity index (χ1v) is 11.6. The van der Waals surface area contributed by atoms with Crippen LogP contribution >= 0.6 is 0 Å². The van der Waals surface area contributed by atoms with Gasteiger partial charge in [0.05, 0.1) is 35.2 Å². The van der Waals surface area contributed by atoms with Gasteiger partial charge in [0, 0.05) is 44.2 Å². The highest BCUT2D eigenvalue weighted by molar-refractivity contribution is 5.97. The van der Waals surface area contributed by atoms with Gasteiger partial charge in [0.15, 0.2) is 0 Å². The number of likely N-dealkylation sites (tertiary alicyclic amines) is 1. The number of nitrogens with zero attached hydrogens (tertiary/aromatic N) is 4. The fourth-order valence-corrected chi connectivity index (χ4v) is 5.06. The van der Waals surface area contributed by atoms with Crippen molar-refractivity contribution in [1.82, 2.24) is 25.7 Å². The second-order valence-electron chi connectivity index (χ2n) is 9.45. The molecule has 2 fully saturated rings. The summed E-state index contributed by atoms with van der Waals surface area (Å²) in [6.45, 7) is 5.61. The molecule has 2 saturated heterocycles.